The highest BCUT2D eigenvalue weighted by atomic mass is 19.1. The van der Waals surface area contributed by atoms with E-state index in [1.165, 1.54) is 17.3 Å². The molecular formula is C21H22FN5. The van der Waals surface area contributed by atoms with Crippen molar-refractivity contribution in [2.75, 3.05) is 18.0 Å². The van der Waals surface area contributed by atoms with Crippen LogP contribution in [0, 0.1) is 5.82 Å². The monoisotopic (exact) mass is 363 g/mol. The molecule has 0 saturated carbocycles. The van der Waals surface area contributed by atoms with Crippen LogP contribution in [0.4, 0.5) is 10.1 Å². The Morgan fingerprint density at radius 3 is 2.78 bits per heavy atom. The molecule has 0 fully saturated rings. The van der Waals surface area contributed by atoms with Gasteiger partial charge in [-0.05, 0) is 29.7 Å². The molecule has 0 radical (unpaired) electrons. The van der Waals surface area contributed by atoms with Crippen molar-refractivity contribution in [3.05, 3.63) is 77.1 Å². The van der Waals surface area contributed by atoms with Gasteiger partial charge in [0, 0.05) is 32.4 Å². The average molecular weight is 363 g/mol. The summed E-state index contributed by atoms with van der Waals surface area (Å²) in [4.78, 5) is 8.36. The van der Waals surface area contributed by atoms with Crippen LogP contribution in [-0.4, -0.2) is 32.8 Å². The van der Waals surface area contributed by atoms with Gasteiger partial charge in [0.15, 0.2) is 5.82 Å². The fourth-order valence-corrected chi connectivity index (χ4v) is 4.15. The molecule has 0 saturated heterocycles. The Balaban J connectivity index is 1.30. The lowest BCUT2D eigenvalue weighted by molar-refractivity contribution is 0.242. The van der Waals surface area contributed by atoms with Crippen molar-refractivity contribution in [1.29, 1.82) is 0 Å². The van der Waals surface area contributed by atoms with Crippen LogP contribution in [0.1, 0.15) is 22.5 Å². The zero-order valence-corrected chi connectivity index (χ0v) is 15.2. The van der Waals surface area contributed by atoms with Crippen LogP contribution in [0.3, 0.4) is 0 Å². The van der Waals surface area contributed by atoms with Gasteiger partial charge in [-0.1, -0.05) is 24.3 Å². The number of benzene rings is 1. The summed E-state index contributed by atoms with van der Waals surface area (Å²) in [6.45, 7) is 5.11. The van der Waals surface area contributed by atoms with Crippen molar-refractivity contribution in [3.8, 4) is 0 Å². The van der Waals surface area contributed by atoms with Gasteiger partial charge in [0.1, 0.15) is 0 Å². The van der Waals surface area contributed by atoms with Crippen LogP contribution < -0.4 is 4.90 Å². The van der Waals surface area contributed by atoms with E-state index in [9.17, 15) is 4.39 Å². The van der Waals surface area contributed by atoms with Crippen LogP contribution in [0.2, 0.25) is 0 Å². The van der Waals surface area contributed by atoms with Crippen molar-refractivity contribution >= 4 is 5.69 Å². The van der Waals surface area contributed by atoms with E-state index in [-0.39, 0.29) is 5.82 Å². The minimum Gasteiger partial charge on any atom is -0.361 e. The molecule has 138 valence electrons. The van der Waals surface area contributed by atoms with Gasteiger partial charge >= 0.3 is 0 Å². The fourth-order valence-electron chi connectivity index (χ4n) is 4.15. The predicted molar refractivity (Wildman–Crippen MR) is 102 cm³/mol. The third-order valence-corrected chi connectivity index (χ3v) is 5.54. The molecular weight excluding hydrogens is 341 g/mol. The molecule has 2 aliphatic rings. The second-order valence-electron chi connectivity index (χ2n) is 7.33. The predicted octanol–water partition coefficient (Wildman–Crippen LogP) is 3.00. The van der Waals surface area contributed by atoms with Gasteiger partial charge in [-0.15, -0.1) is 0 Å². The van der Waals surface area contributed by atoms with E-state index < -0.39 is 0 Å². The third-order valence-electron chi connectivity index (χ3n) is 5.54. The molecule has 0 N–H and O–H groups in total. The number of nitrogens with zero attached hydrogens (tertiary/aromatic N) is 5. The number of rotatable bonds is 3. The molecule has 0 aliphatic carbocycles. The van der Waals surface area contributed by atoms with Crippen molar-refractivity contribution in [2.45, 2.75) is 32.6 Å². The highest BCUT2D eigenvalue weighted by Gasteiger charge is 2.22. The zero-order chi connectivity index (χ0) is 18.2. The topological polar surface area (TPSA) is 37.2 Å². The standard InChI is InChI=1S/C21H22FN5/c22-20-12-23-7-5-21(20)26-9-10-27-19(15-26)11-18(24-27)14-25-8-6-16-3-1-2-4-17(16)13-25/h1-5,7,11-12H,6,8-10,13-15H2. The van der Waals surface area contributed by atoms with Crippen molar-refractivity contribution in [2.24, 2.45) is 0 Å². The maximum atomic E-state index is 14.1. The fraction of sp³-hybridized carbons (Fsp3) is 0.333. The smallest absolute Gasteiger partial charge is 0.164 e. The van der Waals surface area contributed by atoms with Gasteiger partial charge in [0.2, 0.25) is 0 Å². The summed E-state index contributed by atoms with van der Waals surface area (Å²) in [6, 6.07) is 12.6. The molecule has 2 aliphatic heterocycles. The second-order valence-corrected chi connectivity index (χ2v) is 7.33. The van der Waals surface area contributed by atoms with Gasteiger partial charge in [0.05, 0.1) is 36.4 Å². The second kappa shape index (κ2) is 6.78. The molecule has 5 rings (SSSR count). The molecule has 0 unspecified atom stereocenters. The van der Waals surface area contributed by atoms with Crippen molar-refractivity contribution in [3.63, 3.8) is 0 Å². The molecule has 6 heteroatoms. The number of anilines is 1. The van der Waals surface area contributed by atoms with Crippen LogP contribution in [0.5, 0.6) is 0 Å². The average Bonchev–Trinajstić information content (AvgIpc) is 3.09. The first kappa shape index (κ1) is 16.4. The van der Waals surface area contributed by atoms with Gasteiger partial charge in [-0.3, -0.25) is 14.6 Å². The first-order chi connectivity index (χ1) is 13.3. The number of hydrogen-bond acceptors (Lipinski definition) is 4. The summed E-state index contributed by atoms with van der Waals surface area (Å²) in [5, 5.41) is 4.79. The van der Waals surface area contributed by atoms with Gasteiger partial charge in [0.25, 0.3) is 0 Å². The van der Waals surface area contributed by atoms with Crippen LogP contribution >= 0.6 is 0 Å². The number of aromatic nitrogens is 3. The van der Waals surface area contributed by atoms with E-state index in [2.05, 4.69) is 49.8 Å². The lowest BCUT2D eigenvalue weighted by Crippen LogP contribution is -2.34. The quantitative estimate of drug-likeness (QED) is 0.717. The Labute approximate surface area is 158 Å². The van der Waals surface area contributed by atoms with E-state index in [1.54, 1.807) is 12.3 Å². The lowest BCUT2D eigenvalue weighted by atomic mass is 10.00. The highest BCUT2D eigenvalue weighted by molar-refractivity contribution is 5.47. The highest BCUT2D eigenvalue weighted by Crippen LogP contribution is 2.25. The Bertz CT molecular complexity index is 967. The molecule has 4 heterocycles. The molecule has 3 aromatic rings. The van der Waals surface area contributed by atoms with Crippen molar-refractivity contribution < 1.29 is 4.39 Å². The Kier molecular flexibility index (Phi) is 4.13. The molecule has 0 amide bonds. The molecule has 0 spiro atoms. The molecule has 5 nitrogen and oxygen atoms in total. The minimum absolute atomic E-state index is 0.266. The minimum atomic E-state index is -0.266. The number of hydrogen-bond donors (Lipinski definition) is 0. The maximum absolute atomic E-state index is 14.1. The zero-order valence-electron chi connectivity index (χ0n) is 15.2. The summed E-state index contributed by atoms with van der Waals surface area (Å²) >= 11 is 0. The van der Waals surface area contributed by atoms with E-state index in [0.717, 1.165) is 50.5 Å². The van der Waals surface area contributed by atoms with Gasteiger partial charge in [-0.25, -0.2) is 4.39 Å². The number of halogens is 1. The number of pyridine rings is 1. The summed E-state index contributed by atoms with van der Waals surface area (Å²) in [6.07, 6.45) is 4.02. The van der Waals surface area contributed by atoms with E-state index in [4.69, 9.17) is 5.10 Å². The summed E-state index contributed by atoms with van der Waals surface area (Å²) < 4.78 is 16.1. The van der Waals surface area contributed by atoms with E-state index >= 15 is 0 Å². The molecule has 0 atom stereocenters. The SMILES string of the molecule is Fc1cnccc1N1CCn2nc(CN3CCc4ccccc4C3)cc2C1. The first-order valence-electron chi connectivity index (χ1n) is 9.45. The summed E-state index contributed by atoms with van der Waals surface area (Å²) in [7, 11) is 0. The van der Waals surface area contributed by atoms with Gasteiger partial charge < -0.3 is 4.90 Å². The third kappa shape index (κ3) is 3.21. The first-order valence-corrected chi connectivity index (χ1v) is 9.45. The molecule has 1 aromatic carbocycles. The Morgan fingerprint density at radius 2 is 1.89 bits per heavy atom. The largest absolute Gasteiger partial charge is 0.361 e. The Hall–Kier alpha value is -2.73. The van der Waals surface area contributed by atoms with Crippen LogP contribution in [0.15, 0.2) is 48.8 Å². The van der Waals surface area contributed by atoms with Crippen molar-refractivity contribution in [1.82, 2.24) is 19.7 Å². The van der Waals surface area contributed by atoms with E-state index in [0.29, 0.717) is 12.2 Å². The molecule has 27 heavy (non-hydrogen) atoms. The summed E-state index contributed by atoms with van der Waals surface area (Å²) in [5.74, 6) is -0.266. The lowest BCUT2D eigenvalue weighted by Gasteiger charge is -2.29. The molecule has 2 aromatic heterocycles. The normalized spacial score (nSPS) is 16.9. The Morgan fingerprint density at radius 1 is 1.00 bits per heavy atom. The van der Waals surface area contributed by atoms with Crippen LogP contribution in [0.25, 0.3) is 0 Å². The van der Waals surface area contributed by atoms with Gasteiger partial charge in [-0.2, -0.15) is 5.10 Å². The number of fused-ring (bicyclic) bond motifs is 2. The maximum Gasteiger partial charge on any atom is 0.164 e. The summed E-state index contributed by atoms with van der Waals surface area (Å²) in [5.41, 5.74) is 5.75. The van der Waals surface area contributed by atoms with E-state index in [1.807, 2.05) is 0 Å². The van der Waals surface area contributed by atoms with Crippen LogP contribution in [-0.2, 0) is 32.6 Å². The molecule has 0 bridgehead atoms.